The third kappa shape index (κ3) is 3.00. The van der Waals surface area contributed by atoms with Crippen LogP contribution >= 0.6 is 0 Å². The number of nitro groups is 1. The van der Waals surface area contributed by atoms with Crippen LogP contribution < -0.4 is 4.74 Å². The molecule has 0 aromatic heterocycles. The summed E-state index contributed by atoms with van der Waals surface area (Å²) in [6, 6.07) is 2.81. The number of esters is 1. The Kier molecular flexibility index (Phi) is 4.04. The molecule has 0 radical (unpaired) electrons. The Morgan fingerprint density at radius 2 is 2.05 bits per heavy atom. The van der Waals surface area contributed by atoms with Crippen molar-refractivity contribution in [3.8, 4) is 5.75 Å². The Morgan fingerprint density at radius 3 is 2.59 bits per heavy atom. The number of hydrogen-bond acceptors (Lipinski definition) is 4. The zero-order chi connectivity index (χ0) is 16.7. The summed E-state index contributed by atoms with van der Waals surface area (Å²) < 4.78 is 18.4. The fourth-order valence-corrected chi connectivity index (χ4v) is 2.69. The van der Waals surface area contributed by atoms with Crippen molar-refractivity contribution < 1.29 is 18.8 Å². The highest BCUT2D eigenvalue weighted by Gasteiger charge is 2.61. The molecule has 118 valence electrons. The lowest BCUT2D eigenvalue weighted by Gasteiger charge is -2.06. The minimum atomic E-state index is -0.701. The maximum atomic E-state index is 13.3. The van der Waals surface area contributed by atoms with Crippen LogP contribution in [-0.2, 0) is 4.79 Å². The van der Waals surface area contributed by atoms with E-state index in [1.165, 1.54) is 0 Å². The number of nitrogens with zero attached hydrogens (tertiary/aromatic N) is 1. The Hall–Kier alpha value is -2.24. The fraction of sp³-hybridized carbons (Fsp3) is 0.438. The number of allylic oxidation sites excluding steroid dienone is 2. The van der Waals surface area contributed by atoms with Crippen LogP contribution in [0.2, 0.25) is 0 Å². The summed E-state index contributed by atoms with van der Waals surface area (Å²) in [4.78, 5) is 22.5. The molecule has 1 aromatic carbocycles. The van der Waals surface area contributed by atoms with Crippen molar-refractivity contribution in [2.75, 3.05) is 0 Å². The lowest BCUT2D eigenvalue weighted by molar-refractivity contribution is -0.385. The molecule has 1 aromatic rings. The van der Waals surface area contributed by atoms with Crippen molar-refractivity contribution in [1.29, 1.82) is 0 Å². The summed E-state index contributed by atoms with van der Waals surface area (Å²) in [6.45, 7) is 7.74. The van der Waals surface area contributed by atoms with Gasteiger partial charge in [-0.05, 0) is 31.2 Å². The van der Waals surface area contributed by atoms with Crippen molar-refractivity contribution in [2.24, 2.45) is 17.3 Å². The van der Waals surface area contributed by atoms with E-state index in [1.807, 2.05) is 33.8 Å². The van der Waals surface area contributed by atoms with E-state index in [4.69, 9.17) is 4.74 Å². The molecule has 0 aliphatic heterocycles. The number of nitro benzene ring substituents is 1. The number of ether oxygens (including phenoxy) is 1. The highest BCUT2D eigenvalue weighted by Crippen LogP contribution is 2.59. The van der Waals surface area contributed by atoms with Gasteiger partial charge in [0.2, 0.25) is 5.75 Å². The monoisotopic (exact) mass is 307 g/mol. The summed E-state index contributed by atoms with van der Waals surface area (Å²) in [5, 5.41) is 10.9. The van der Waals surface area contributed by atoms with Crippen molar-refractivity contribution in [1.82, 2.24) is 0 Å². The molecule has 0 amide bonds. The Morgan fingerprint density at radius 1 is 1.41 bits per heavy atom. The van der Waals surface area contributed by atoms with Gasteiger partial charge in [0.1, 0.15) is 5.82 Å². The van der Waals surface area contributed by atoms with Gasteiger partial charge in [-0.25, -0.2) is 4.39 Å². The average molecular weight is 307 g/mol. The van der Waals surface area contributed by atoms with Crippen LogP contribution in [0.5, 0.6) is 5.75 Å². The molecule has 0 bridgehead atoms. The van der Waals surface area contributed by atoms with Gasteiger partial charge in [-0.2, -0.15) is 0 Å². The van der Waals surface area contributed by atoms with Gasteiger partial charge in [0.25, 0.3) is 0 Å². The maximum absolute atomic E-state index is 13.3. The topological polar surface area (TPSA) is 69.4 Å². The summed E-state index contributed by atoms with van der Waals surface area (Å²) in [5.74, 6) is -1.97. The number of carbonyl (C=O) groups is 1. The van der Waals surface area contributed by atoms with Gasteiger partial charge in [0.05, 0.1) is 10.8 Å². The van der Waals surface area contributed by atoms with Gasteiger partial charge < -0.3 is 4.74 Å². The van der Waals surface area contributed by atoms with Crippen molar-refractivity contribution >= 4 is 11.7 Å². The Labute approximate surface area is 127 Å². The van der Waals surface area contributed by atoms with Crippen LogP contribution in [0, 0.1) is 33.2 Å². The largest absolute Gasteiger partial charge is 0.419 e. The normalized spacial score (nSPS) is 21.9. The van der Waals surface area contributed by atoms with E-state index < -0.39 is 22.4 Å². The molecule has 0 unspecified atom stereocenters. The standard InChI is InChI=1S/C16H18FNO4/c1-9(2)7-11-14(16(11,3)4)15(19)22-13-8-10(17)5-6-12(13)18(20)21/h5-8,11,14H,1-4H3/t11-,14-/m0/s1. The zero-order valence-electron chi connectivity index (χ0n) is 12.9. The summed E-state index contributed by atoms with van der Waals surface area (Å²) in [7, 11) is 0. The van der Waals surface area contributed by atoms with E-state index in [-0.39, 0.29) is 23.0 Å². The van der Waals surface area contributed by atoms with Gasteiger partial charge in [-0.15, -0.1) is 0 Å². The number of halogens is 1. The van der Waals surface area contributed by atoms with Crippen molar-refractivity contribution in [3.63, 3.8) is 0 Å². The molecule has 22 heavy (non-hydrogen) atoms. The van der Waals surface area contributed by atoms with Crippen LogP contribution in [0.4, 0.5) is 10.1 Å². The van der Waals surface area contributed by atoms with Crippen molar-refractivity contribution in [2.45, 2.75) is 27.7 Å². The Bertz CT molecular complexity index is 662. The SMILES string of the molecule is CC(C)=C[C@H]1[C@@H](C(=O)Oc2cc(F)ccc2[N+](=O)[O-])C1(C)C. The quantitative estimate of drug-likeness (QED) is 0.278. The van der Waals surface area contributed by atoms with Crippen LogP contribution in [0.1, 0.15) is 27.7 Å². The average Bonchev–Trinajstić information content (AvgIpc) is 2.89. The highest BCUT2D eigenvalue weighted by molar-refractivity contribution is 5.81. The van der Waals surface area contributed by atoms with E-state index >= 15 is 0 Å². The fourth-order valence-electron chi connectivity index (χ4n) is 2.69. The molecule has 2 rings (SSSR count). The molecule has 1 fully saturated rings. The number of rotatable bonds is 4. The third-order valence-electron chi connectivity index (χ3n) is 4.01. The number of hydrogen-bond donors (Lipinski definition) is 0. The minimum Gasteiger partial charge on any atom is -0.419 e. The lowest BCUT2D eigenvalue weighted by atomic mass is 10.1. The Balaban J connectivity index is 2.22. The van der Waals surface area contributed by atoms with Gasteiger partial charge in [-0.1, -0.05) is 25.5 Å². The molecule has 0 spiro atoms. The second kappa shape index (κ2) is 5.51. The van der Waals surface area contributed by atoms with Crippen LogP contribution in [0.25, 0.3) is 0 Å². The molecule has 1 saturated carbocycles. The first-order valence-electron chi connectivity index (χ1n) is 6.95. The second-order valence-electron chi connectivity index (χ2n) is 6.36. The van der Waals surface area contributed by atoms with Crippen LogP contribution in [-0.4, -0.2) is 10.9 Å². The molecule has 0 heterocycles. The molecule has 1 aliphatic rings. The van der Waals surface area contributed by atoms with Crippen molar-refractivity contribution in [3.05, 3.63) is 45.8 Å². The van der Waals surface area contributed by atoms with Gasteiger partial charge in [-0.3, -0.25) is 14.9 Å². The molecule has 0 N–H and O–H groups in total. The molecule has 1 aliphatic carbocycles. The molecule has 6 heteroatoms. The first kappa shape index (κ1) is 16.1. The minimum absolute atomic E-state index is 0.0256. The molecular formula is C16H18FNO4. The molecule has 5 nitrogen and oxygen atoms in total. The van der Waals surface area contributed by atoms with Crippen LogP contribution in [0.3, 0.4) is 0 Å². The predicted molar refractivity (Wildman–Crippen MR) is 78.9 cm³/mol. The van der Waals surface area contributed by atoms with E-state index in [9.17, 15) is 19.3 Å². The molecule has 0 saturated heterocycles. The number of benzene rings is 1. The first-order valence-corrected chi connectivity index (χ1v) is 6.95. The molecular weight excluding hydrogens is 289 g/mol. The highest BCUT2D eigenvalue weighted by atomic mass is 19.1. The third-order valence-corrected chi connectivity index (χ3v) is 4.01. The maximum Gasteiger partial charge on any atom is 0.315 e. The van der Waals surface area contributed by atoms with Crippen LogP contribution in [0.15, 0.2) is 29.8 Å². The summed E-state index contributed by atoms with van der Waals surface area (Å²) in [5.41, 5.74) is 0.397. The molecule has 2 atom stereocenters. The van der Waals surface area contributed by atoms with E-state index in [0.717, 1.165) is 23.8 Å². The van der Waals surface area contributed by atoms with Gasteiger partial charge in [0, 0.05) is 12.1 Å². The summed E-state index contributed by atoms with van der Waals surface area (Å²) in [6.07, 6.45) is 1.99. The van der Waals surface area contributed by atoms with Gasteiger partial charge in [0.15, 0.2) is 0 Å². The number of carbonyl (C=O) groups excluding carboxylic acids is 1. The second-order valence-corrected chi connectivity index (χ2v) is 6.36. The smallest absolute Gasteiger partial charge is 0.315 e. The van der Waals surface area contributed by atoms with E-state index in [1.54, 1.807) is 0 Å². The zero-order valence-corrected chi connectivity index (χ0v) is 12.9. The predicted octanol–water partition coefficient (Wildman–Crippen LogP) is 3.88. The first-order chi connectivity index (χ1) is 10.1. The van der Waals surface area contributed by atoms with E-state index in [2.05, 4.69) is 0 Å². The van der Waals surface area contributed by atoms with E-state index in [0.29, 0.717) is 0 Å². The lowest BCUT2D eigenvalue weighted by Crippen LogP contribution is -2.15. The summed E-state index contributed by atoms with van der Waals surface area (Å²) >= 11 is 0. The van der Waals surface area contributed by atoms with Gasteiger partial charge >= 0.3 is 11.7 Å².